The minimum Gasteiger partial charge on any atom is -0.438 e. The third kappa shape index (κ3) is 5.30. The summed E-state index contributed by atoms with van der Waals surface area (Å²) in [5.74, 6) is 1.12. The Morgan fingerprint density at radius 3 is 2.79 bits per heavy atom. The number of carbonyl (C=O) groups excluding carboxylic acids is 1. The van der Waals surface area contributed by atoms with Gasteiger partial charge in [-0.05, 0) is 24.3 Å². The van der Waals surface area contributed by atoms with Gasteiger partial charge < -0.3 is 20.6 Å². The Morgan fingerprint density at radius 1 is 1.21 bits per heavy atom. The SMILES string of the molecule is CON=Cc1c(N)ncnc1Oc1ccc(NC(=O)Nc2ccccn2)c(Cl)c1. The first-order chi connectivity index (χ1) is 14.1. The standard InChI is InChI=1S/C18H16ClN7O3/c1-28-24-9-12-16(20)22-10-23-17(12)29-11-5-6-14(13(19)8-11)25-18(27)26-15-4-2-3-7-21-15/h2-10H,1H3,(H2,20,22,23)(H2,21,25,26,27). The van der Waals surface area contributed by atoms with Crippen LogP contribution in [-0.4, -0.2) is 34.3 Å². The van der Waals surface area contributed by atoms with Crippen LogP contribution in [0.4, 0.5) is 22.1 Å². The first kappa shape index (κ1) is 19.8. The first-order valence-corrected chi connectivity index (χ1v) is 8.58. The van der Waals surface area contributed by atoms with E-state index in [4.69, 9.17) is 22.1 Å². The summed E-state index contributed by atoms with van der Waals surface area (Å²) in [4.78, 5) is 28.7. The summed E-state index contributed by atoms with van der Waals surface area (Å²) in [6, 6.07) is 9.40. The van der Waals surface area contributed by atoms with Crippen LogP contribution in [-0.2, 0) is 4.84 Å². The average Bonchev–Trinajstić information content (AvgIpc) is 2.70. The summed E-state index contributed by atoms with van der Waals surface area (Å²) in [5.41, 5.74) is 6.56. The van der Waals surface area contributed by atoms with Crippen LogP contribution in [0.1, 0.15) is 5.56 Å². The van der Waals surface area contributed by atoms with Gasteiger partial charge in [-0.25, -0.2) is 19.7 Å². The fourth-order valence-electron chi connectivity index (χ4n) is 2.18. The molecule has 0 bridgehead atoms. The second-order valence-electron chi connectivity index (χ2n) is 5.43. The molecule has 0 aliphatic heterocycles. The summed E-state index contributed by atoms with van der Waals surface area (Å²) in [7, 11) is 1.40. The lowest BCUT2D eigenvalue weighted by Crippen LogP contribution is -2.20. The van der Waals surface area contributed by atoms with Gasteiger partial charge in [0.15, 0.2) is 0 Å². The lowest BCUT2D eigenvalue weighted by atomic mass is 10.3. The molecule has 10 nitrogen and oxygen atoms in total. The van der Waals surface area contributed by atoms with Crippen LogP contribution < -0.4 is 21.1 Å². The normalized spacial score (nSPS) is 10.6. The van der Waals surface area contributed by atoms with Crippen molar-refractivity contribution in [3.63, 3.8) is 0 Å². The van der Waals surface area contributed by atoms with Gasteiger partial charge in [-0.2, -0.15) is 0 Å². The number of nitrogens with one attached hydrogen (secondary N) is 2. The van der Waals surface area contributed by atoms with E-state index in [1.807, 2.05) is 0 Å². The number of amides is 2. The minimum atomic E-state index is -0.485. The third-order valence-corrected chi connectivity index (χ3v) is 3.79. The molecule has 11 heteroatoms. The lowest BCUT2D eigenvalue weighted by molar-refractivity contribution is 0.215. The fraction of sp³-hybridized carbons (Fsp3) is 0.0556. The van der Waals surface area contributed by atoms with Crippen LogP contribution in [0.15, 0.2) is 54.1 Å². The molecule has 3 aromatic rings. The zero-order valence-corrected chi connectivity index (χ0v) is 15.9. The van der Waals surface area contributed by atoms with Crippen molar-refractivity contribution < 1.29 is 14.4 Å². The maximum Gasteiger partial charge on any atom is 0.324 e. The molecule has 0 spiro atoms. The number of nitrogen functional groups attached to an aromatic ring is 1. The van der Waals surface area contributed by atoms with Crippen molar-refractivity contribution in [1.29, 1.82) is 0 Å². The van der Waals surface area contributed by atoms with Gasteiger partial charge in [0.1, 0.15) is 36.4 Å². The molecule has 0 aliphatic rings. The molecule has 0 atom stereocenters. The number of ether oxygens (including phenoxy) is 1. The van der Waals surface area contributed by atoms with Crippen molar-refractivity contribution >= 4 is 41.2 Å². The second-order valence-corrected chi connectivity index (χ2v) is 5.84. The van der Waals surface area contributed by atoms with Crippen molar-refractivity contribution in [2.75, 3.05) is 23.5 Å². The predicted octanol–water partition coefficient (Wildman–Crippen LogP) is 3.52. The van der Waals surface area contributed by atoms with Crippen LogP contribution in [0.5, 0.6) is 11.6 Å². The Bertz CT molecular complexity index is 1030. The lowest BCUT2D eigenvalue weighted by Gasteiger charge is -2.11. The molecule has 2 amide bonds. The molecule has 0 saturated heterocycles. The summed E-state index contributed by atoms with van der Waals surface area (Å²) in [5, 5.41) is 9.14. The van der Waals surface area contributed by atoms with Crippen molar-refractivity contribution in [3.8, 4) is 11.6 Å². The Hall–Kier alpha value is -3.92. The highest BCUT2D eigenvalue weighted by Crippen LogP contribution is 2.30. The number of oxime groups is 1. The van der Waals surface area contributed by atoms with E-state index < -0.39 is 6.03 Å². The van der Waals surface area contributed by atoms with E-state index in [2.05, 4.69) is 35.6 Å². The maximum atomic E-state index is 12.1. The van der Waals surface area contributed by atoms with E-state index in [1.165, 1.54) is 25.7 Å². The number of nitrogens with zero attached hydrogens (tertiary/aromatic N) is 4. The Kier molecular flexibility index (Phi) is 6.38. The third-order valence-electron chi connectivity index (χ3n) is 3.48. The van der Waals surface area contributed by atoms with E-state index in [-0.39, 0.29) is 16.7 Å². The van der Waals surface area contributed by atoms with Crippen LogP contribution in [0.25, 0.3) is 0 Å². The van der Waals surface area contributed by atoms with Gasteiger partial charge in [-0.1, -0.05) is 22.8 Å². The number of hydrogen-bond donors (Lipinski definition) is 3. The van der Waals surface area contributed by atoms with Crippen molar-refractivity contribution in [2.24, 2.45) is 5.16 Å². The molecule has 148 valence electrons. The molecule has 0 saturated carbocycles. The number of benzene rings is 1. The molecule has 0 aliphatic carbocycles. The van der Waals surface area contributed by atoms with Gasteiger partial charge in [0.25, 0.3) is 0 Å². The molecule has 29 heavy (non-hydrogen) atoms. The van der Waals surface area contributed by atoms with Gasteiger partial charge in [-0.15, -0.1) is 0 Å². The van der Waals surface area contributed by atoms with Gasteiger partial charge in [0, 0.05) is 12.3 Å². The number of urea groups is 1. The van der Waals surface area contributed by atoms with Crippen molar-refractivity contribution in [2.45, 2.75) is 0 Å². The molecule has 1 aromatic carbocycles. The number of hydrogen-bond acceptors (Lipinski definition) is 8. The molecular formula is C18H16ClN7O3. The molecule has 2 heterocycles. The van der Waals surface area contributed by atoms with Gasteiger partial charge in [-0.3, -0.25) is 5.32 Å². The zero-order chi connectivity index (χ0) is 20.6. The molecule has 4 N–H and O–H groups in total. The Morgan fingerprint density at radius 2 is 2.07 bits per heavy atom. The molecule has 2 aromatic heterocycles. The van der Waals surface area contributed by atoms with E-state index in [9.17, 15) is 4.79 Å². The zero-order valence-electron chi connectivity index (χ0n) is 15.2. The molecule has 0 unspecified atom stereocenters. The fourth-order valence-corrected chi connectivity index (χ4v) is 2.40. The van der Waals surface area contributed by atoms with Gasteiger partial charge in [0.05, 0.1) is 16.9 Å². The smallest absolute Gasteiger partial charge is 0.324 e. The summed E-state index contributed by atoms with van der Waals surface area (Å²) < 4.78 is 5.72. The quantitative estimate of drug-likeness (QED) is 0.415. The highest BCUT2D eigenvalue weighted by Gasteiger charge is 2.12. The van der Waals surface area contributed by atoms with Gasteiger partial charge in [0.2, 0.25) is 5.88 Å². The molecule has 3 rings (SSSR count). The number of rotatable bonds is 6. The largest absolute Gasteiger partial charge is 0.438 e. The van der Waals surface area contributed by atoms with E-state index >= 15 is 0 Å². The number of nitrogens with two attached hydrogens (primary N) is 1. The highest BCUT2D eigenvalue weighted by molar-refractivity contribution is 6.34. The number of aromatic nitrogens is 3. The van der Waals surface area contributed by atoms with Crippen molar-refractivity contribution in [3.05, 3.63) is 59.5 Å². The average molecular weight is 414 g/mol. The van der Waals surface area contributed by atoms with Crippen LogP contribution in [0.2, 0.25) is 5.02 Å². The second kappa shape index (κ2) is 9.33. The molecular weight excluding hydrogens is 398 g/mol. The summed E-state index contributed by atoms with van der Waals surface area (Å²) in [6.07, 6.45) is 4.17. The van der Waals surface area contributed by atoms with Crippen LogP contribution in [0.3, 0.4) is 0 Å². The highest BCUT2D eigenvalue weighted by atomic mass is 35.5. The maximum absolute atomic E-state index is 12.1. The molecule has 0 radical (unpaired) electrons. The van der Waals surface area contributed by atoms with E-state index in [0.717, 1.165) is 0 Å². The summed E-state index contributed by atoms with van der Waals surface area (Å²) in [6.45, 7) is 0. The Balaban J connectivity index is 1.72. The van der Waals surface area contributed by atoms with E-state index in [0.29, 0.717) is 22.8 Å². The predicted molar refractivity (Wildman–Crippen MR) is 109 cm³/mol. The number of anilines is 3. The number of halogens is 1. The van der Waals surface area contributed by atoms with Gasteiger partial charge >= 0.3 is 6.03 Å². The van der Waals surface area contributed by atoms with Crippen LogP contribution in [0, 0.1) is 0 Å². The summed E-state index contributed by atoms with van der Waals surface area (Å²) >= 11 is 6.26. The number of pyridine rings is 1. The first-order valence-electron chi connectivity index (χ1n) is 8.20. The van der Waals surface area contributed by atoms with E-state index in [1.54, 1.807) is 36.5 Å². The topological polar surface area (TPSA) is 137 Å². The number of carbonyl (C=O) groups is 1. The monoisotopic (exact) mass is 413 g/mol. The Labute approximate surface area is 170 Å². The molecule has 0 fully saturated rings. The van der Waals surface area contributed by atoms with Crippen LogP contribution >= 0.6 is 11.6 Å². The van der Waals surface area contributed by atoms with Crippen molar-refractivity contribution in [1.82, 2.24) is 15.0 Å². The minimum absolute atomic E-state index is 0.169.